The van der Waals surface area contributed by atoms with Gasteiger partial charge in [-0.05, 0) is 24.6 Å². The van der Waals surface area contributed by atoms with Crippen molar-refractivity contribution in [3.8, 4) is 5.75 Å². The Morgan fingerprint density at radius 2 is 1.95 bits per heavy atom. The first kappa shape index (κ1) is 14.2. The molecule has 2 rings (SSSR count). The number of alkyl halides is 3. The van der Waals surface area contributed by atoms with Crippen molar-refractivity contribution in [2.24, 2.45) is 10.7 Å². The molecule has 1 heterocycles. The van der Waals surface area contributed by atoms with Crippen LogP contribution in [-0.4, -0.2) is 29.7 Å². The van der Waals surface area contributed by atoms with Crippen molar-refractivity contribution in [3.63, 3.8) is 0 Å². The lowest BCUT2D eigenvalue weighted by Crippen LogP contribution is -2.33. The Hall–Kier alpha value is -2.25. The van der Waals surface area contributed by atoms with Gasteiger partial charge in [0.15, 0.2) is 0 Å². The Labute approximate surface area is 112 Å². The van der Waals surface area contributed by atoms with Crippen molar-refractivity contribution < 1.29 is 22.7 Å². The van der Waals surface area contributed by atoms with Crippen LogP contribution in [0.4, 0.5) is 18.0 Å². The molecule has 2 amide bonds. The summed E-state index contributed by atoms with van der Waals surface area (Å²) in [5.41, 5.74) is 6.26. The van der Waals surface area contributed by atoms with Crippen LogP contribution < -0.4 is 10.5 Å². The first-order valence-corrected chi connectivity index (χ1v) is 5.82. The largest absolute Gasteiger partial charge is 0.573 e. The first-order valence-electron chi connectivity index (χ1n) is 5.82. The summed E-state index contributed by atoms with van der Waals surface area (Å²) in [5.74, 6) is -0.203. The minimum Gasteiger partial charge on any atom is -0.406 e. The average molecular weight is 287 g/mol. The van der Waals surface area contributed by atoms with E-state index in [0.29, 0.717) is 12.1 Å². The minimum absolute atomic E-state index is 0.126. The Morgan fingerprint density at radius 3 is 2.45 bits per heavy atom. The lowest BCUT2D eigenvalue weighted by Gasteiger charge is -2.23. The van der Waals surface area contributed by atoms with Gasteiger partial charge in [-0.2, -0.15) is 4.99 Å². The fraction of sp³-hybridized carbons (Fsp3) is 0.333. The molecule has 0 saturated heterocycles. The van der Waals surface area contributed by atoms with E-state index in [-0.39, 0.29) is 11.6 Å². The van der Waals surface area contributed by atoms with Crippen molar-refractivity contribution in [3.05, 3.63) is 29.8 Å². The molecule has 1 aliphatic heterocycles. The van der Waals surface area contributed by atoms with Gasteiger partial charge in [-0.25, -0.2) is 4.79 Å². The molecule has 0 saturated carbocycles. The van der Waals surface area contributed by atoms with E-state index in [1.54, 1.807) is 6.92 Å². The third-order valence-electron chi connectivity index (χ3n) is 2.83. The van der Waals surface area contributed by atoms with Crippen LogP contribution >= 0.6 is 0 Å². The van der Waals surface area contributed by atoms with Gasteiger partial charge in [-0.3, -0.25) is 0 Å². The maximum atomic E-state index is 12.1. The van der Waals surface area contributed by atoms with Crippen molar-refractivity contribution in [1.29, 1.82) is 0 Å². The average Bonchev–Trinajstić information content (AvgIpc) is 2.62. The Kier molecular flexibility index (Phi) is 3.56. The molecule has 1 atom stereocenters. The third kappa shape index (κ3) is 2.84. The molecule has 2 N–H and O–H groups in total. The number of ether oxygens (including phenoxy) is 1. The van der Waals surface area contributed by atoms with E-state index in [4.69, 9.17) is 5.73 Å². The van der Waals surface area contributed by atoms with Crippen LogP contribution in [-0.2, 0) is 0 Å². The maximum Gasteiger partial charge on any atom is 0.573 e. The Bertz CT molecular complexity index is 540. The van der Waals surface area contributed by atoms with Gasteiger partial charge in [0.05, 0.1) is 0 Å². The second-order valence-corrected chi connectivity index (χ2v) is 4.12. The number of hydrogen-bond donors (Lipinski definition) is 1. The van der Waals surface area contributed by atoms with Crippen molar-refractivity contribution in [2.45, 2.75) is 19.3 Å². The molecule has 5 nitrogen and oxygen atoms in total. The van der Waals surface area contributed by atoms with Gasteiger partial charge in [-0.15, -0.1) is 13.2 Å². The van der Waals surface area contributed by atoms with E-state index in [1.165, 1.54) is 29.2 Å². The molecule has 0 aliphatic carbocycles. The van der Waals surface area contributed by atoms with E-state index in [1.807, 2.05) is 0 Å². The number of hydrogen-bond acceptors (Lipinski definition) is 3. The number of halogens is 3. The molecule has 1 aliphatic rings. The molecule has 1 aromatic rings. The van der Waals surface area contributed by atoms with Gasteiger partial charge in [0.2, 0.25) is 0 Å². The van der Waals surface area contributed by atoms with Crippen LogP contribution in [0.2, 0.25) is 0 Å². The Balaban J connectivity index is 2.22. The van der Waals surface area contributed by atoms with E-state index in [0.717, 1.165) is 0 Å². The van der Waals surface area contributed by atoms with Crippen LogP contribution in [0.25, 0.3) is 0 Å². The number of likely N-dealkylation sites (N-methyl/N-ethyl adjacent to an activating group) is 1. The van der Waals surface area contributed by atoms with Crippen LogP contribution in [0.1, 0.15) is 18.5 Å². The zero-order chi connectivity index (χ0) is 14.9. The molecule has 0 bridgehead atoms. The number of nitrogens with zero attached hydrogens (tertiary/aromatic N) is 2. The molecule has 8 heteroatoms. The van der Waals surface area contributed by atoms with Crippen molar-refractivity contribution in [1.82, 2.24) is 4.90 Å². The standard InChI is InChI=1S/C12H12F3N3O2/c1-2-18-9(10(16)17-11(18)19)7-3-5-8(6-4-7)20-12(13,14)15/h3-6,9H,2H2,1H3,(H2,16,17,19). The minimum atomic E-state index is -4.74. The van der Waals surface area contributed by atoms with Gasteiger partial charge >= 0.3 is 12.4 Å². The lowest BCUT2D eigenvalue weighted by atomic mass is 10.1. The fourth-order valence-electron chi connectivity index (χ4n) is 2.03. The van der Waals surface area contributed by atoms with Gasteiger partial charge in [0.25, 0.3) is 0 Å². The molecule has 1 unspecified atom stereocenters. The number of benzene rings is 1. The molecule has 108 valence electrons. The highest BCUT2D eigenvalue weighted by atomic mass is 19.4. The molecule has 0 radical (unpaired) electrons. The predicted molar refractivity (Wildman–Crippen MR) is 65.3 cm³/mol. The van der Waals surface area contributed by atoms with Crippen molar-refractivity contribution in [2.75, 3.05) is 6.54 Å². The predicted octanol–water partition coefficient (Wildman–Crippen LogP) is 2.44. The number of rotatable bonds is 3. The SMILES string of the molecule is CCN1C(=O)N=C(N)C1c1ccc(OC(F)(F)F)cc1. The number of nitrogens with two attached hydrogens (primary N) is 1. The highest BCUT2D eigenvalue weighted by molar-refractivity contribution is 6.03. The summed E-state index contributed by atoms with van der Waals surface area (Å²) in [6, 6.07) is 4.20. The summed E-state index contributed by atoms with van der Waals surface area (Å²) in [6.45, 7) is 2.16. The molecule has 0 fully saturated rings. The second kappa shape index (κ2) is 5.03. The summed E-state index contributed by atoms with van der Waals surface area (Å²) in [5, 5.41) is 0. The van der Waals surface area contributed by atoms with E-state index in [2.05, 4.69) is 9.73 Å². The number of carbonyl (C=O) groups is 1. The molecule has 20 heavy (non-hydrogen) atoms. The highest BCUT2D eigenvalue weighted by Gasteiger charge is 2.34. The summed E-state index contributed by atoms with van der Waals surface area (Å²) in [6.07, 6.45) is -4.74. The van der Waals surface area contributed by atoms with Crippen LogP contribution in [0, 0.1) is 0 Å². The Morgan fingerprint density at radius 1 is 1.35 bits per heavy atom. The lowest BCUT2D eigenvalue weighted by molar-refractivity contribution is -0.274. The first-order chi connectivity index (χ1) is 9.31. The normalized spacial score (nSPS) is 19.2. The zero-order valence-corrected chi connectivity index (χ0v) is 10.5. The third-order valence-corrected chi connectivity index (χ3v) is 2.83. The zero-order valence-electron chi connectivity index (χ0n) is 10.5. The van der Waals surface area contributed by atoms with Crippen LogP contribution in [0.3, 0.4) is 0 Å². The summed E-state index contributed by atoms with van der Waals surface area (Å²) < 4.78 is 40.0. The summed E-state index contributed by atoms with van der Waals surface area (Å²) in [4.78, 5) is 16.6. The van der Waals surface area contributed by atoms with E-state index < -0.39 is 18.4 Å². The number of aliphatic imine (C=N–C) groups is 1. The number of urea groups is 1. The highest BCUT2D eigenvalue weighted by Crippen LogP contribution is 2.29. The smallest absolute Gasteiger partial charge is 0.406 e. The van der Waals surface area contributed by atoms with Crippen LogP contribution in [0.5, 0.6) is 5.75 Å². The topological polar surface area (TPSA) is 67.9 Å². The van der Waals surface area contributed by atoms with Gasteiger partial charge < -0.3 is 15.4 Å². The summed E-state index contributed by atoms with van der Waals surface area (Å²) in [7, 11) is 0. The molecular formula is C12H12F3N3O2. The molecule has 0 aromatic heterocycles. The van der Waals surface area contributed by atoms with E-state index in [9.17, 15) is 18.0 Å². The van der Waals surface area contributed by atoms with Gasteiger partial charge in [0, 0.05) is 6.54 Å². The maximum absolute atomic E-state index is 12.1. The van der Waals surface area contributed by atoms with Gasteiger partial charge in [-0.1, -0.05) is 12.1 Å². The number of amidine groups is 1. The monoisotopic (exact) mass is 287 g/mol. The van der Waals surface area contributed by atoms with E-state index >= 15 is 0 Å². The molecule has 0 spiro atoms. The van der Waals surface area contributed by atoms with Crippen molar-refractivity contribution >= 4 is 11.9 Å². The summed E-state index contributed by atoms with van der Waals surface area (Å²) >= 11 is 0. The van der Waals surface area contributed by atoms with Gasteiger partial charge in [0.1, 0.15) is 17.6 Å². The second-order valence-electron chi connectivity index (χ2n) is 4.12. The number of carbonyl (C=O) groups excluding carboxylic acids is 1. The molecular weight excluding hydrogens is 275 g/mol. The quantitative estimate of drug-likeness (QED) is 0.928. The van der Waals surface area contributed by atoms with Crippen LogP contribution in [0.15, 0.2) is 29.3 Å². The molecule has 1 aromatic carbocycles. The fourth-order valence-corrected chi connectivity index (χ4v) is 2.03. The number of amides is 2.